The molecule has 178 valence electrons. The van der Waals surface area contributed by atoms with Gasteiger partial charge in [-0.2, -0.15) is 0 Å². The molecule has 34 heavy (non-hydrogen) atoms. The van der Waals surface area contributed by atoms with E-state index >= 15 is 0 Å². The van der Waals surface area contributed by atoms with Crippen LogP contribution in [-0.4, -0.2) is 59.0 Å². The first-order valence-corrected chi connectivity index (χ1v) is 13.1. The van der Waals surface area contributed by atoms with Gasteiger partial charge in [-0.1, -0.05) is 54.4 Å². The highest BCUT2D eigenvalue weighted by atomic mass is 35.5. The van der Waals surface area contributed by atoms with E-state index in [2.05, 4.69) is 49.9 Å². The van der Waals surface area contributed by atoms with Gasteiger partial charge >= 0.3 is 0 Å². The summed E-state index contributed by atoms with van der Waals surface area (Å²) in [5.41, 5.74) is 2.69. The quantitative estimate of drug-likeness (QED) is 0.508. The van der Waals surface area contributed by atoms with Crippen molar-refractivity contribution in [3.05, 3.63) is 80.3 Å². The van der Waals surface area contributed by atoms with E-state index in [4.69, 9.17) is 28.2 Å². The van der Waals surface area contributed by atoms with E-state index < -0.39 is 5.54 Å². The molecular formula is C26H28Cl2N4OS. The molecular weight excluding hydrogens is 487 g/mol. The van der Waals surface area contributed by atoms with Crippen molar-refractivity contribution < 1.29 is 4.79 Å². The summed E-state index contributed by atoms with van der Waals surface area (Å²) in [5, 5.41) is 2.27. The van der Waals surface area contributed by atoms with Gasteiger partial charge in [0.25, 0.3) is 5.91 Å². The summed E-state index contributed by atoms with van der Waals surface area (Å²) in [5.74, 6) is 0.111. The van der Waals surface area contributed by atoms with Gasteiger partial charge in [-0.15, -0.1) is 0 Å². The fraction of sp³-hybridized carbons (Fsp3) is 0.385. The molecule has 0 aromatic heterocycles. The van der Waals surface area contributed by atoms with Gasteiger partial charge < -0.3 is 14.7 Å². The summed E-state index contributed by atoms with van der Waals surface area (Å²) < 4.78 is 0. The predicted octanol–water partition coefficient (Wildman–Crippen LogP) is 5.76. The highest BCUT2D eigenvalue weighted by Gasteiger charge is 2.53. The second kappa shape index (κ2) is 8.90. The van der Waals surface area contributed by atoms with E-state index in [9.17, 15) is 4.79 Å². The van der Waals surface area contributed by atoms with Crippen molar-refractivity contribution >= 4 is 46.0 Å². The number of rotatable bonds is 5. The molecule has 3 heterocycles. The van der Waals surface area contributed by atoms with E-state index in [0.717, 1.165) is 46.4 Å². The number of hydrogen-bond donors (Lipinski definition) is 0. The van der Waals surface area contributed by atoms with E-state index in [0.29, 0.717) is 16.1 Å². The molecule has 2 aromatic carbocycles. The highest BCUT2D eigenvalue weighted by molar-refractivity contribution is 8.18. The third-order valence-corrected chi connectivity index (χ3v) is 8.68. The number of benzene rings is 2. The van der Waals surface area contributed by atoms with Crippen LogP contribution in [0, 0.1) is 0 Å². The van der Waals surface area contributed by atoms with Gasteiger partial charge in [-0.3, -0.25) is 4.79 Å². The van der Waals surface area contributed by atoms with Crippen molar-refractivity contribution in [3.8, 4) is 0 Å². The Hall–Kier alpha value is -1.99. The Labute approximate surface area is 215 Å². The predicted molar refractivity (Wildman–Crippen MR) is 141 cm³/mol. The van der Waals surface area contributed by atoms with E-state index in [-0.39, 0.29) is 11.9 Å². The average molecular weight is 516 g/mol. The second-order valence-corrected chi connectivity index (χ2v) is 11.3. The smallest absolute Gasteiger partial charge is 0.262 e. The molecule has 8 heteroatoms. The van der Waals surface area contributed by atoms with Crippen molar-refractivity contribution in [3.63, 3.8) is 0 Å². The topological polar surface area (TPSA) is 39.2 Å². The first-order chi connectivity index (χ1) is 16.2. The zero-order valence-electron chi connectivity index (χ0n) is 19.8. The molecule has 3 aliphatic rings. The number of halogens is 2. The monoisotopic (exact) mass is 514 g/mol. The molecule has 2 atom stereocenters. The van der Waals surface area contributed by atoms with E-state index in [1.807, 2.05) is 41.3 Å². The Morgan fingerprint density at radius 1 is 1.09 bits per heavy atom. The minimum atomic E-state index is -0.539. The lowest BCUT2D eigenvalue weighted by Gasteiger charge is -2.43. The van der Waals surface area contributed by atoms with Crippen molar-refractivity contribution in [1.29, 1.82) is 0 Å². The number of amides is 1. The Kier molecular flexibility index (Phi) is 6.22. The number of likely N-dealkylation sites (tertiary alicyclic amines) is 1. The van der Waals surface area contributed by atoms with Crippen molar-refractivity contribution in [2.24, 2.45) is 4.99 Å². The Bertz CT molecular complexity index is 1170. The molecule has 0 spiro atoms. The summed E-state index contributed by atoms with van der Waals surface area (Å²) in [6.07, 6.45) is 0.749. The summed E-state index contributed by atoms with van der Waals surface area (Å²) in [6, 6.07) is 16.2. The first-order valence-electron chi connectivity index (χ1n) is 11.5. The van der Waals surface area contributed by atoms with E-state index in [1.54, 1.807) is 0 Å². The maximum atomic E-state index is 13.5. The molecule has 3 aliphatic heterocycles. The van der Waals surface area contributed by atoms with Gasteiger partial charge in [0.2, 0.25) is 0 Å². The molecule has 0 radical (unpaired) electrons. The van der Waals surface area contributed by atoms with Crippen molar-refractivity contribution in [1.82, 2.24) is 14.7 Å². The molecule has 0 N–H and O–H groups in total. The number of fused-ring (bicyclic) bond motifs is 1. The maximum absolute atomic E-state index is 13.5. The number of likely N-dealkylation sites (N-methyl/N-ethyl adjacent to an activating group) is 1. The van der Waals surface area contributed by atoms with Gasteiger partial charge in [-0.25, -0.2) is 4.99 Å². The molecule has 0 aliphatic carbocycles. The van der Waals surface area contributed by atoms with Crippen LogP contribution in [0.5, 0.6) is 0 Å². The van der Waals surface area contributed by atoms with Gasteiger partial charge in [0.1, 0.15) is 5.54 Å². The van der Waals surface area contributed by atoms with Gasteiger partial charge in [0.05, 0.1) is 10.9 Å². The van der Waals surface area contributed by atoms with Crippen LogP contribution >= 0.6 is 35.0 Å². The number of amidine groups is 1. The van der Waals surface area contributed by atoms with Crippen LogP contribution in [0.1, 0.15) is 37.4 Å². The number of carbonyl (C=O) groups is 1. The molecule has 1 fully saturated rings. The summed E-state index contributed by atoms with van der Waals surface area (Å²) in [4.78, 5) is 25.9. The zero-order chi connectivity index (χ0) is 24.2. The van der Waals surface area contributed by atoms with Crippen molar-refractivity contribution in [2.45, 2.75) is 37.9 Å². The molecule has 2 unspecified atom stereocenters. The lowest BCUT2D eigenvalue weighted by Crippen LogP contribution is -2.59. The van der Waals surface area contributed by atoms with Crippen LogP contribution in [0.25, 0.3) is 0 Å². The maximum Gasteiger partial charge on any atom is 0.262 e. The van der Waals surface area contributed by atoms with E-state index in [1.165, 1.54) is 11.8 Å². The Morgan fingerprint density at radius 3 is 2.24 bits per heavy atom. The third kappa shape index (κ3) is 3.85. The number of carbonyl (C=O) groups excluding carboxylic acids is 1. The molecule has 1 amide bonds. The number of nitrogens with zero attached hydrogens (tertiary/aromatic N) is 4. The fourth-order valence-corrected chi connectivity index (χ4v) is 6.56. The van der Waals surface area contributed by atoms with Crippen LogP contribution in [-0.2, 0) is 10.3 Å². The first kappa shape index (κ1) is 23.7. The Balaban J connectivity index is 1.55. The minimum absolute atomic E-state index is 0.0976. The number of hydrogen-bond acceptors (Lipinski definition) is 5. The summed E-state index contributed by atoms with van der Waals surface area (Å²) >= 11 is 13.9. The lowest BCUT2D eigenvalue weighted by molar-refractivity contribution is -0.132. The lowest BCUT2D eigenvalue weighted by atomic mass is 9.81. The largest absolute Gasteiger partial charge is 0.335 e. The van der Waals surface area contributed by atoms with Gasteiger partial charge in [-0.05, 0) is 74.6 Å². The molecule has 0 saturated carbocycles. The van der Waals surface area contributed by atoms with Crippen LogP contribution in [0.15, 0.2) is 64.1 Å². The average Bonchev–Trinajstić information content (AvgIpc) is 3.25. The molecule has 1 saturated heterocycles. The Morgan fingerprint density at radius 2 is 1.68 bits per heavy atom. The number of allylic oxidation sites excluding steroid dienone is 1. The normalized spacial score (nSPS) is 24.6. The van der Waals surface area contributed by atoms with Gasteiger partial charge in [0.15, 0.2) is 5.17 Å². The van der Waals surface area contributed by atoms with Crippen LogP contribution in [0.2, 0.25) is 10.0 Å². The van der Waals surface area contributed by atoms with Crippen molar-refractivity contribution in [2.75, 3.05) is 27.2 Å². The highest BCUT2D eigenvalue weighted by Crippen LogP contribution is 2.55. The van der Waals surface area contributed by atoms with Crippen LogP contribution < -0.4 is 0 Å². The molecule has 0 bridgehead atoms. The second-order valence-electron chi connectivity index (χ2n) is 9.43. The van der Waals surface area contributed by atoms with Gasteiger partial charge in [0, 0.05) is 34.9 Å². The molecule has 5 nitrogen and oxygen atoms in total. The van der Waals surface area contributed by atoms with Crippen LogP contribution in [0.3, 0.4) is 0 Å². The zero-order valence-corrected chi connectivity index (χ0v) is 22.1. The van der Waals surface area contributed by atoms with Crippen LogP contribution in [0.4, 0.5) is 0 Å². The minimum Gasteiger partial charge on any atom is -0.335 e. The summed E-state index contributed by atoms with van der Waals surface area (Å²) in [7, 11) is 4.12. The number of aliphatic imine (C=N–C) groups is 1. The standard InChI is InChI=1S/C26H28Cl2N4OS/c1-5-21-22(24(33)31-14-20(15-31)30(3)4)34-25-29-26(2,17-8-12-19(28)13-9-17)23(32(21)25)16-6-10-18(27)11-7-16/h6-13,20,23H,5,14-15H2,1-4H3. The fourth-order valence-electron chi connectivity index (χ4n) is 5.00. The molecule has 2 aromatic rings. The molecule has 5 rings (SSSR count). The SMILES string of the molecule is CCC1=C(C(=O)N2CC(N(C)C)C2)SC2=NC(C)(c3ccc(Cl)cc3)C(c3ccc(Cl)cc3)N21. The number of thioether (sulfide) groups is 1. The summed E-state index contributed by atoms with van der Waals surface area (Å²) in [6.45, 7) is 5.81. The third-order valence-electron chi connectivity index (χ3n) is 7.09.